The summed E-state index contributed by atoms with van der Waals surface area (Å²) < 4.78 is 5.60. The topological polar surface area (TPSA) is 41.5 Å². The van der Waals surface area contributed by atoms with E-state index < -0.39 is 0 Å². The van der Waals surface area contributed by atoms with Gasteiger partial charge in [0.2, 0.25) is 0 Å². The summed E-state index contributed by atoms with van der Waals surface area (Å²) in [6, 6.07) is 8.67. The van der Waals surface area contributed by atoms with Crippen LogP contribution in [-0.2, 0) is 0 Å². The van der Waals surface area contributed by atoms with Crippen molar-refractivity contribution in [1.82, 2.24) is 5.32 Å². The molecule has 0 spiro atoms. The van der Waals surface area contributed by atoms with Crippen molar-refractivity contribution < 1.29 is 9.84 Å². The normalized spacial score (nSPS) is 14.0. The van der Waals surface area contributed by atoms with Crippen molar-refractivity contribution >= 4 is 11.8 Å². The first-order valence-electron chi connectivity index (χ1n) is 7.29. The van der Waals surface area contributed by atoms with Crippen LogP contribution in [0.5, 0.6) is 5.75 Å². The Morgan fingerprint density at radius 3 is 2.50 bits per heavy atom. The molecule has 0 aromatic heterocycles. The van der Waals surface area contributed by atoms with E-state index in [0.717, 1.165) is 30.3 Å². The van der Waals surface area contributed by atoms with Gasteiger partial charge in [0.1, 0.15) is 5.75 Å². The molecular formula is C16H27NO2S. The second kappa shape index (κ2) is 10.1. The van der Waals surface area contributed by atoms with Gasteiger partial charge in [-0.1, -0.05) is 26.0 Å². The first-order valence-corrected chi connectivity index (χ1v) is 8.45. The molecule has 20 heavy (non-hydrogen) atoms. The average molecular weight is 297 g/mol. The van der Waals surface area contributed by atoms with Crippen molar-refractivity contribution in [2.24, 2.45) is 5.92 Å². The molecule has 3 nitrogen and oxygen atoms in total. The van der Waals surface area contributed by atoms with E-state index in [1.165, 1.54) is 5.56 Å². The van der Waals surface area contributed by atoms with Crippen molar-refractivity contribution in [2.45, 2.75) is 26.3 Å². The summed E-state index contributed by atoms with van der Waals surface area (Å²) in [6.45, 7) is 5.21. The molecule has 0 aliphatic rings. The van der Waals surface area contributed by atoms with Crippen molar-refractivity contribution in [1.29, 1.82) is 0 Å². The zero-order valence-corrected chi connectivity index (χ0v) is 13.6. The van der Waals surface area contributed by atoms with Gasteiger partial charge in [-0.15, -0.1) is 0 Å². The number of benzene rings is 1. The molecule has 0 heterocycles. The first kappa shape index (κ1) is 17.3. The molecule has 0 aliphatic heterocycles. The Morgan fingerprint density at radius 1 is 1.25 bits per heavy atom. The van der Waals surface area contributed by atoms with E-state index in [1.807, 2.05) is 30.9 Å². The molecular weight excluding hydrogens is 270 g/mol. The van der Waals surface area contributed by atoms with Crippen LogP contribution in [0.15, 0.2) is 24.3 Å². The zero-order valence-electron chi connectivity index (χ0n) is 12.8. The summed E-state index contributed by atoms with van der Waals surface area (Å²) in [5.41, 5.74) is 1.28. The minimum Gasteiger partial charge on any atom is -0.494 e. The summed E-state index contributed by atoms with van der Waals surface area (Å²) in [7, 11) is 1.99. The van der Waals surface area contributed by atoms with E-state index >= 15 is 0 Å². The van der Waals surface area contributed by atoms with Gasteiger partial charge < -0.3 is 15.2 Å². The molecule has 2 atom stereocenters. The predicted octanol–water partition coefficient (Wildman–Crippen LogP) is 3.10. The van der Waals surface area contributed by atoms with E-state index in [2.05, 4.69) is 31.3 Å². The minimum absolute atomic E-state index is 0.265. The molecule has 1 aromatic carbocycles. The molecule has 0 saturated heterocycles. The molecule has 0 saturated carbocycles. The SMILES string of the molecule is CCCOc1ccc(C(CSCC(C)CO)NC)cc1. The van der Waals surface area contributed by atoms with Crippen LogP contribution >= 0.6 is 11.8 Å². The number of rotatable bonds is 10. The Hall–Kier alpha value is -0.710. The maximum absolute atomic E-state index is 9.03. The van der Waals surface area contributed by atoms with Crippen LogP contribution in [0.3, 0.4) is 0 Å². The van der Waals surface area contributed by atoms with E-state index in [0.29, 0.717) is 12.0 Å². The smallest absolute Gasteiger partial charge is 0.119 e. The molecule has 0 bridgehead atoms. The van der Waals surface area contributed by atoms with E-state index in [9.17, 15) is 0 Å². The van der Waals surface area contributed by atoms with Crippen LogP contribution < -0.4 is 10.1 Å². The molecule has 0 fully saturated rings. The van der Waals surface area contributed by atoms with Gasteiger partial charge >= 0.3 is 0 Å². The predicted molar refractivity (Wildman–Crippen MR) is 87.6 cm³/mol. The number of aliphatic hydroxyl groups excluding tert-OH is 1. The lowest BCUT2D eigenvalue weighted by atomic mass is 10.1. The van der Waals surface area contributed by atoms with Crippen molar-refractivity contribution in [3.8, 4) is 5.75 Å². The molecule has 2 unspecified atom stereocenters. The lowest BCUT2D eigenvalue weighted by Crippen LogP contribution is -2.19. The Morgan fingerprint density at radius 2 is 1.95 bits per heavy atom. The molecule has 1 rings (SSSR count). The van der Waals surface area contributed by atoms with Gasteiger partial charge in [0.05, 0.1) is 6.61 Å². The number of hydrogen-bond acceptors (Lipinski definition) is 4. The Labute approximate surface area is 127 Å². The fraction of sp³-hybridized carbons (Fsp3) is 0.625. The molecule has 2 N–H and O–H groups in total. The number of aliphatic hydroxyl groups is 1. The summed E-state index contributed by atoms with van der Waals surface area (Å²) in [5, 5.41) is 12.4. The largest absolute Gasteiger partial charge is 0.494 e. The van der Waals surface area contributed by atoms with Gasteiger partial charge in [0.25, 0.3) is 0 Å². The third-order valence-corrected chi connectivity index (χ3v) is 4.48. The molecule has 0 radical (unpaired) electrons. The van der Waals surface area contributed by atoms with Crippen LogP contribution in [0.25, 0.3) is 0 Å². The first-order chi connectivity index (χ1) is 9.71. The summed E-state index contributed by atoms with van der Waals surface area (Å²) in [4.78, 5) is 0. The van der Waals surface area contributed by atoms with Gasteiger partial charge in [-0.3, -0.25) is 0 Å². The van der Waals surface area contributed by atoms with Crippen LogP contribution in [-0.4, -0.2) is 36.9 Å². The van der Waals surface area contributed by atoms with Gasteiger partial charge in [-0.05, 0) is 42.8 Å². The molecule has 0 amide bonds. The highest BCUT2D eigenvalue weighted by Gasteiger charge is 2.10. The number of hydrogen-bond donors (Lipinski definition) is 2. The molecule has 4 heteroatoms. The lowest BCUT2D eigenvalue weighted by molar-refractivity contribution is 0.250. The van der Waals surface area contributed by atoms with E-state index in [1.54, 1.807) is 0 Å². The quantitative estimate of drug-likeness (QED) is 0.696. The highest BCUT2D eigenvalue weighted by molar-refractivity contribution is 7.99. The average Bonchev–Trinajstić information content (AvgIpc) is 2.50. The van der Waals surface area contributed by atoms with Crippen molar-refractivity contribution in [3.63, 3.8) is 0 Å². The van der Waals surface area contributed by atoms with Crippen molar-refractivity contribution in [3.05, 3.63) is 29.8 Å². The van der Waals surface area contributed by atoms with E-state index in [-0.39, 0.29) is 6.61 Å². The zero-order chi connectivity index (χ0) is 14.8. The summed E-state index contributed by atoms with van der Waals surface area (Å²) in [6.07, 6.45) is 1.03. The fourth-order valence-electron chi connectivity index (χ4n) is 1.80. The Kier molecular flexibility index (Phi) is 8.74. The number of nitrogens with one attached hydrogen (secondary N) is 1. The second-order valence-corrected chi connectivity index (χ2v) is 6.16. The van der Waals surface area contributed by atoms with Gasteiger partial charge in [0, 0.05) is 18.4 Å². The Balaban J connectivity index is 2.47. The lowest BCUT2D eigenvalue weighted by Gasteiger charge is -2.18. The molecule has 114 valence electrons. The van der Waals surface area contributed by atoms with Gasteiger partial charge in [-0.25, -0.2) is 0 Å². The standard InChI is InChI=1S/C16H27NO2S/c1-4-9-19-15-7-5-14(6-8-15)16(17-3)12-20-11-13(2)10-18/h5-8,13,16-18H,4,9-12H2,1-3H3. The number of thioether (sulfide) groups is 1. The highest BCUT2D eigenvalue weighted by Crippen LogP contribution is 2.22. The fourth-order valence-corrected chi connectivity index (χ4v) is 3.04. The van der Waals surface area contributed by atoms with Gasteiger partial charge in [-0.2, -0.15) is 11.8 Å². The molecule has 1 aromatic rings. The van der Waals surface area contributed by atoms with Crippen molar-refractivity contribution in [2.75, 3.05) is 31.8 Å². The Bertz CT molecular complexity index is 356. The maximum atomic E-state index is 9.03. The van der Waals surface area contributed by atoms with Crippen LogP contribution in [0.4, 0.5) is 0 Å². The third kappa shape index (κ3) is 6.16. The monoisotopic (exact) mass is 297 g/mol. The third-order valence-electron chi connectivity index (χ3n) is 3.10. The summed E-state index contributed by atoms with van der Waals surface area (Å²) in [5.74, 6) is 3.30. The number of ether oxygens (including phenoxy) is 1. The van der Waals surface area contributed by atoms with E-state index in [4.69, 9.17) is 9.84 Å². The maximum Gasteiger partial charge on any atom is 0.119 e. The second-order valence-electron chi connectivity index (χ2n) is 5.08. The van der Waals surface area contributed by atoms with Crippen LogP contribution in [0.2, 0.25) is 0 Å². The van der Waals surface area contributed by atoms with Crippen LogP contribution in [0.1, 0.15) is 31.9 Å². The van der Waals surface area contributed by atoms with Gasteiger partial charge in [0.15, 0.2) is 0 Å². The summed E-state index contributed by atoms with van der Waals surface area (Å²) >= 11 is 1.88. The minimum atomic E-state index is 0.265. The highest BCUT2D eigenvalue weighted by atomic mass is 32.2. The van der Waals surface area contributed by atoms with Crippen LogP contribution in [0, 0.1) is 5.92 Å². The molecule has 0 aliphatic carbocycles.